The van der Waals surface area contributed by atoms with E-state index in [9.17, 15) is 0 Å². The first kappa shape index (κ1) is 17.8. The molecule has 0 aliphatic rings. The van der Waals surface area contributed by atoms with Gasteiger partial charge in [0.2, 0.25) is 0 Å². The minimum atomic E-state index is -2.62. The topological polar surface area (TPSA) is 162 Å². The van der Waals surface area contributed by atoms with Gasteiger partial charge in [0.05, 0.1) is 0 Å². The molecule has 0 amide bonds. The van der Waals surface area contributed by atoms with Crippen molar-refractivity contribution in [3.8, 4) is 11.5 Å². The molecule has 0 saturated heterocycles. The second kappa shape index (κ2) is 10.9. The first-order chi connectivity index (χ1) is 7.25. The van der Waals surface area contributed by atoms with Crippen LogP contribution in [-0.4, -0.2) is 39.6 Å². The molecule has 0 fully saturated rings. The summed E-state index contributed by atoms with van der Waals surface area (Å²) in [5.41, 5.74) is 0. The summed E-state index contributed by atoms with van der Waals surface area (Å²) in [6, 6.07) is 5.70. The van der Waals surface area contributed by atoms with Gasteiger partial charge in [-0.25, -0.2) is 0 Å². The molecule has 16 heavy (non-hydrogen) atoms. The minimum absolute atomic E-state index is 0.169. The summed E-state index contributed by atoms with van der Waals surface area (Å²) >= 11 is 0. The Morgan fingerprint density at radius 3 is 0.812 bits per heavy atom. The van der Waals surface area contributed by atoms with Crippen LogP contribution in [0.2, 0.25) is 0 Å². The van der Waals surface area contributed by atoms with Crippen molar-refractivity contribution in [2.45, 2.75) is 0 Å². The highest BCUT2D eigenvalue weighted by Crippen LogP contribution is 2.13. The Labute approximate surface area is 93.3 Å². The molecule has 0 radical (unpaired) electrons. The molecule has 0 unspecified atom stereocenters. The molecule has 0 bridgehead atoms. The third kappa shape index (κ3) is 23.3. The molecular formula is C6H12O8P2. The predicted octanol–water partition coefficient (Wildman–Crippen LogP) is -0.522. The molecular weight excluding hydrogens is 262 g/mol. The van der Waals surface area contributed by atoms with Crippen LogP contribution in [0, 0.1) is 0 Å². The van der Waals surface area contributed by atoms with Crippen molar-refractivity contribution in [1.29, 1.82) is 0 Å². The van der Waals surface area contributed by atoms with Gasteiger partial charge in [0.25, 0.3) is 0 Å². The van der Waals surface area contributed by atoms with Crippen LogP contribution in [0.4, 0.5) is 0 Å². The standard InChI is InChI=1S/C6H6O2.2H3O3P/c7-5-1-2-6(8)4-3-5;2*1-4(2)3/h1-4,7-8H;2*1-3H. The van der Waals surface area contributed by atoms with E-state index in [0.29, 0.717) is 0 Å². The zero-order valence-corrected chi connectivity index (χ0v) is 9.57. The van der Waals surface area contributed by atoms with Crippen molar-refractivity contribution in [2.75, 3.05) is 0 Å². The van der Waals surface area contributed by atoms with Gasteiger partial charge in [-0.2, -0.15) is 0 Å². The van der Waals surface area contributed by atoms with Crippen LogP contribution in [-0.2, 0) is 0 Å². The van der Waals surface area contributed by atoms with Crippen molar-refractivity contribution in [2.24, 2.45) is 0 Å². The van der Waals surface area contributed by atoms with Crippen LogP contribution in [0.15, 0.2) is 24.3 Å². The minimum Gasteiger partial charge on any atom is -0.508 e. The van der Waals surface area contributed by atoms with Crippen molar-refractivity contribution < 1.29 is 39.6 Å². The Bertz CT molecular complexity index is 219. The molecule has 0 aliphatic carbocycles. The molecule has 0 heterocycles. The van der Waals surface area contributed by atoms with Gasteiger partial charge in [0.15, 0.2) is 0 Å². The summed E-state index contributed by atoms with van der Waals surface area (Å²) in [5.74, 6) is 0.339. The number of aromatic hydroxyl groups is 2. The summed E-state index contributed by atoms with van der Waals surface area (Å²) < 4.78 is 0. The number of benzene rings is 1. The second-order valence-corrected chi connectivity index (χ2v) is 3.13. The van der Waals surface area contributed by atoms with Crippen LogP contribution in [0.25, 0.3) is 0 Å². The summed E-state index contributed by atoms with van der Waals surface area (Å²) in [7, 11) is -5.24. The van der Waals surface area contributed by atoms with Gasteiger partial charge in [0.1, 0.15) is 11.5 Å². The molecule has 10 heteroatoms. The monoisotopic (exact) mass is 274 g/mol. The van der Waals surface area contributed by atoms with Crippen molar-refractivity contribution in [3.05, 3.63) is 24.3 Å². The van der Waals surface area contributed by atoms with Gasteiger partial charge in [-0.3, -0.25) is 0 Å². The molecule has 1 aromatic carbocycles. The quantitative estimate of drug-likeness (QED) is 0.231. The highest BCUT2D eigenvalue weighted by Gasteiger charge is 1.84. The lowest BCUT2D eigenvalue weighted by molar-refractivity contribution is 0.366. The third-order valence-corrected chi connectivity index (χ3v) is 0.850. The number of rotatable bonds is 0. The molecule has 0 aliphatic heterocycles. The number of phenols is 2. The molecule has 1 aromatic rings. The van der Waals surface area contributed by atoms with E-state index >= 15 is 0 Å². The van der Waals surface area contributed by atoms with Gasteiger partial charge in [-0.05, 0) is 24.3 Å². The highest BCUT2D eigenvalue weighted by atomic mass is 31.2. The van der Waals surface area contributed by atoms with Crippen molar-refractivity contribution >= 4 is 17.2 Å². The first-order valence-corrected chi connectivity index (χ1v) is 5.87. The van der Waals surface area contributed by atoms with Crippen LogP contribution in [0.1, 0.15) is 0 Å². The fourth-order valence-electron chi connectivity index (χ4n) is 0.453. The number of hydrogen-bond donors (Lipinski definition) is 8. The van der Waals surface area contributed by atoms with E-state index in [1.165, 1.54) is 24.3 Å². The average molecular weight is 274 g/mol. The fraction of sp³-hybridized carbons (Fsp3) is 0. The Morgan fingerprint density at radius 2 is 0.688 bits per heavy atom. The Kier molecular flexibility index (Phi) is 12.2. The average Bonchev–Trinajstić information content (AvgIpc) is 2.08. The van der Waals surface area contributed by atoms with E-state index in [0.717, 1.165) is 0 Å². The second-order valence-electron chi connectivity index (χ2n) is 2.05. The summed E-state index contributed by atoms with van der Waals surface area (Å²) in [6.07, 6.45) is 0. The van der Waals surface area contributed by atoms with E-state index < -0.39 is 17.2 Å². The smallest absolute Gasteiger partial charge is 0.324 e. The molecule has 0 aromatic heterocycles. The lowest BCUT2D eigenvalue weighted by Gasteiger charge is -1.88. The van der Waals surface area contributed by atoms with E-state index in [-0.39, 0.29) is 11.5 Å². The Morgan fingerprint density at radius 1 is 0.562 bits per heavy atom. The van der Waals surface area contributed by atoms with Crippen LogP contribution in [0.5, 0.6) is 11.5 Å². The van der Waals surface area contributed by atoms with Gasteiger partial charge >= 0.3 is 17.2 Å². The van der Waals surface area contributed by atoms with E-state index in [1.54, 1.807) is 0 Å². The molecule has 0 atom stereocenters. The van der Waals surface area contributed by atoms with E-state index in [1.807, 2.05) is 0 Å². The fourth-order valence-corrected chi connectivity index (χ4v) is 0.453. The van der Waals surface area contributed by atoms with Gasteiger partial charge in [0, 0.05) is 0 Å². The van der Waals surface area contributed by atoms with Crippen molar-refractivity contribution in [1.82, 2.24) is 0 Å². The summed E-state index contributed by atoms with van der Waals surface area (Å²) in [5, 5.41) is 17.3. The van der Waals surface area contributed by atoms with E-state index in [2.05, 4.69) is 0 Å². The molecule has 94 valence electrons. The lowest BCUT2D eigenvalue weighted by atomic mass is 10.3. The largest absolute Gasteiger partial charge is 0.508 e. The molecule has 0 saturated carbocycles. The van der Waals surface area contributed by atoms with Crippen LogP contribution < -0.4 is 0 Å². The zero-order valence-electron chi connectivity index (χ0n) is 7.78. The first-order valence-electron chi connectivity index (χ1n) is 3.47. The molecule has 8 nitrogen and oxygen atoms in total. The molecule has 1 rings (SSSR count). The normalized spacial score (nSPS) is 9.00. The SMILES string of the molecule is OP(O)O.OP(O)O.Oc1ccc(O)cc1. The maximum Gasteiger partial charge on any atom is 0.324 e. The number of hydrogen-bond acceptors (Lipinski definition) is 8. The molecule has 8 N–H and O–H groups in total. The maximum atomic E-state index is 8.65. The van der Waals surface area contributed by atoms with Gasteiger partial charge < -0.3 is 39.6 Å². The lowest BCUT2D eigenvalue weighted by Crippen LogP contribution is -1.61. The summed E-state index contributed by atoms with van der Waals surface area (Å²) in [6.45, 7) is 0. The molecule has 0 spiro atoms. The zero-order chi connectivity index (χ0) is 13.1. The van der Waals surface area contributed by atoms with E-state index in [4.69, 9.17) is 39.6 Å². The summed E-state index contributed by atoms with van der Waals surface area (Å²) in [4.78, 5) is 43.4. The highest BCUT2D eigenvalue weighted by molar-refractivity contribution is 7.38. The predicted molar refractivity (Wildman–Crippen MR) is 56.9 cm³/mol. The number of phenolic OH excluding ortho intramolecular Hbond substituents is 2. The van der Waals surface area contributed by atoms with Crippen molar-refractivity contribution in [3.63, 3.8) is 0 Å². The maximum absolute atomic E-state index is 8.65. The van der Waals surface area contributed by atoms with Crippen LogP contribution >= 0.6 is 17.2 Å². The third-order valence-electron chi connectivity index (χ3n) is 0.850. The van der Waals surface area contributed by atoms with Gasteiger partial charge in [-0.1, -0.05) is 0 Å². The van der Waals surface area contributed by atoms with Gasteiger partial charge in [-0.15, -0.1) is 0 Å². The Balaban J connectivity index is 0. The Hall–Kier alpha value is -0.560. The van der Waals surface area contributed by atoms with Crippen LogP contribution in [0.3, 0.4) is 0 Å².